The maximum absolute atomic E-state index is 14.0. The summed E-state index contributed by atoms with van der Waals surface area (Å²) < 4.78 is 27.5. The number of ketones is 3. The molecule has 0 spiro atoms. The Balaban J connectivity index is 1.07. The van der Waals surface area contributed by atoms with Gasteiger partial charge < -0.3 is 86.6 Å². The van der Waals surface area contributed by atoms with Gasteiger partial charge in [-0.2, -0.15) is 0 Å². The third kappa shape index (κ3) is 12.9. The number of ether oxygens (including phenoxy) is 5. The number of phenols is 2. The Morgan fingerprint density at radius 2 is 1.53 bits per heavy atom. The van der Waals surface area contributed by atoms with E-state index in [2.05, 4.69) is 31.3 Å². The molecular weight excluding hydrogens is 1010 g/mol. The van der Waals surface area contributed by atoms with Gasteiger partial charge in [0.1, 0.15) is 73.5 Å². The molecule has 3 aliphatic rings. The van der Waals surface area contributed by atoms with Gasteiger partial charge in [-0.25, -0.2) is 9.59 Å². The molecule has 0 aromatic heterocycles. The molecular formula is C49H56N6O21. The molecule has 3 aromatic rings. The summed E-state index contributed by atoms with van der Waals surface area (Å²) in [7, 11) is 1.27. The zero-order valence-corrected chi connectivity index (χ0v) is 41.2. The molecule has 408 valence electrons. The van der Waals surface area contributed by atoms with Gasteiger partial charge in [0.15, 0.2) is 17.9 Å². The number of alkyl carbamates (subject to hydrolysis) is 1. The maximum Gasteiger partial charge on any atom is 0.407 e. The van der Waals surface area contributed by atoms with E-state index in [1.807, 2.05) is 0 Å². The number of hydrogen-bond donors (Lipinski definition) is 12. The van der Waals surface area contributed by atoms with Crippen LogP contribution in [0.15, 0.2) is 42.5 Å². The number of carbonyl (C=O) groups excluding carboxylic acids is 9. The molecule has 27 heteroatoms. The van der Waals surface area contributed by atoms with Crippen molar-refractivity contribution in [1.82, 2.24) is 21.3 Å². The molecule has 1 saturated heterocycles. The standard InChI is InChI=1S/C49H56N6O21/c1-20(51-33(59)18-73-19-34(60)61)45(67)52-21(2)46(68)54-28(12-32(50)58)47(69)53-24-10-8-23(9-11-24)17-74-48(70)55-27-13-35(75-22(3)40(27)62)76-30-15-49(71,31(57)16-56)14-26-37(30)44(66)39-38(42(26)64)41(63)25-6-5-7-29(72-4)36(25)43(39)65/h5-11,20-22,27-28,30,35,40,56,62,64,66,71H,12-19H2,1-4H3,(H2,50,58)(H,51,59)(H,52,67)(H,53,69)(H,54,68)(H,55,70)(H,60,61)/t20-,21-,22-,27-,28-,30-,35-,40+,49-/m0/s1. The van der Waals surface area contributed by atoms with Crippen LogP contribution in [-0.4, -0.2) is 165 Å². The van der Waals surface area contributed by atoms with Crippen LogP contribution in [0.5, 0.6) is 17.2 Å². The van der Waals surface area contributed by atoms with Crippen molar-refractivity contribution in [2.75, 3.05) is 32.2 Å². The first kappa shape index (κ1) is 57.2. The number of phenolic OH excluding ortho intramolecular Hbond substituents is 2. The Morgan fingerprint density at radius 3 is 2.17 bits per heavy atom. The number of carbonyl (C=O) groups is 10. The lowest BCUT2D eigenvalue weighted by atomic mass is 9.72. The summed E-state index contributed by atoms with van der Waals surface area (Å²) in [4.78, 5) is 127. The van der Waals surface area contributed by atoms with Crippen molar-refractivity contribution in [3.05, 3.63) is 81.4 Å². The minimum absolute atomic E-state index is 0.0100. The number of rotatable bonds is 21. The van der Waals surface area contributed by atoms with Crippen LogP contribution in [0.25, 0.3) is 0 Å². The second-order valence-corrected chi connectivity index (χ2v) is 18.1. The summed E-state index contributed by atoms with van der Waals surface area (Å²) >= 11 is 0. The average molecular weight is 1070 g/mol. The molecule has 13 N–H and O–H groups in total. The minimum Gasteiger partial charge on any atom is -0.507 e. The van der Waals surface area contributed by atoms with Crippen LogP contribution in [0.3, 0.4) is 0 Å². The Bertz CT molecular complexity index is 2820. The number of anilines is 1. The smallest absolute Gasteiger partial charge is 0.407 e. The number of amides is 6. The molecule has 3 aromatic carbocycles. The van der Waals surface area contributed by atoms with Gasteiger partial charge in [0, 0.05) is 41.6 Å². The monoisotopic (exact) mass is 1060 g/mol. The van der Waals surface area contributed by atoms with Crippen LogP contribution >= 0.6 is 0 Å². The number of hydrogen-bond acceptors (Lipinski definition) is 20. The summed E-state index contributed by atoms with van der Waals surface area (Å²) in [6, 6.07) is 4.80. The van der Waals surface area contributed by atoms with Crippen LogP contribution < -0.4 is 37.1 Å². The number of nitrogens with one attached hydrogen (secondary N) is 5. The average Bonchev–Trinajstić information content (AvgIpc) is 3.37. The zero-order valence-electron chi connectivity index (χ0n) is 41.2. The molecule has 1 fully saturated rings. The number of benzene rings is 3. The Labute approximate surface area is 431 Å². The van der Waals surface area contributed by atoms with E-state index in [0.29, 0.717) is 5.56 Å². The molecule has 1 aliphatic heterocycles. The highest BCUT2D eigenvalue weighted by atomic mass is 16.7. The van der Waals surface area contributed by atoms with Crippen molar-refractivity contribution in [3.8, 4) is 17.2 Å². The quantitative estimate of drug-likeness (QED) is 0.0417. The Morgan fingerprint density at radius 1 is 0.868 bits per heavy atom. The molecule has 6 rings (SSSR count). The second-order valence-electron chi connectivity index (χ2n) is 18.1. The largest absolute Gasteiger partial charge is 0.507 e. The minimum atomic E-state index is -2.43. The lowest BCUT2D eigenvalue weighted by molar-refractivity contribution is -0.249. The number of aliphatic carboxylic acids is 1. The van der Waals surface area contributed by atoms with Gasteiger partial charge in [0.05, 0.1) is 48.5 Å². The fourth-order valence-corrected chi connectivity index (χ4v) is 8.81. The van der Waals surface area contributed by atoms with Crippen LogP contribution in [0, 0.1) is 0 Å². The van der Waals surface area contributed by atoms with Gasteiger partial charge in [-0.05, 0) is 44.5 Å². The number of primary amides is 1. The number of nitrogens with two attached hydrogens (primary N) is 1. The van der Waals surface area contributed by atoms with Crippen LogP contribution in [0.1, 0.15) is 94.7 Å². The summed E-state index contributed by atoms with van der Waals surface area (Å²) in [5, 5.41) is 76.6. The van der Waals surface area contributed by atoms with Gasteiger partial charge in [-0.3, -0.25) is 38.4 Å². The van der Waals surface area contributed by atoms with Crippen molar-refractivity contribution in [1.29, 1.82) is 0 Å². The Hall–Kier alpha value is -8.08. The Kier molecular flexibility index (Phi) is 18.1. The van der Waals surface area contributed by atoms with Gasteiger partial charge in [-0.1, -0.05) is 24.3 Å². The van der Waals surface area contributed by atoms with E-state index < -0.39 is 175 Å². The number of carboxylic acid groups (broad SMARTS) is 1. The van der Waals surface area contributed by atoms with E-state index >= 15 is 0 Å². The number of Topliss-reactive ketones (excluding diaryl/α,β-unsaturated/α-hetero) is 1. The van der Waals surface area contributed by atoms with Gasteiger partial charge in [-0.15, -0.1) is 0 Å². The van der Waals surface area contributed by atoms with Crippen LogP contribution in [0.4, 0.5) is 10.5 Å². The third-order valence-electron chi connectivity index (χ3n) is 12.7. The van der Waals surface area contributed by atoms with Crippen molar-refractivity contribution < 1.29 is 102 Å². The predicted octanol–water partition coefficient (Wildman–Crippen LogP) is -1.62. The van der Waals surface area contributed by atoms with Crippen molar-refractivity contribution >= 4 is 64.6 Å². The number of aliphatic hydroxyl groups is 3. The van der Waals surface area contributed by atoms with E-state index in [-0.39, 0.29) is 46.7 Å². The molecule has 6 amide bonds. The van der Waals surface area contributed by atoms with E-state index in [4.69, 9.17) is 29.8 Å². The summed E-state index contributed by atoms with van der Waals surface area (Å²) in [6.07, 6.45) is -8.73. The van der Waals surface area contributed by atoms with Gasteiger partial charge in [0.25, 0.3) is 0 Å². The molecule has 0 saturated carbocycles. The SMILES string of the molecule is COc1cccc2c1C(=O)c1c(O)c3c(c(O)c1C2=O)C[C@@](O)(C(=O)CO)C[C@@H]3O[C@H]1C[C@H](NC(=O)OCc2ccc(NC(=O)[C@H](CC(N)=O)NC(=O)[C@H](C)NC(=O)[C@H](C)NC(=O)COCC(=O)O)cc2)[C@H](O)[C@H](C)O1. The maximum atomic E-state index is 14.0. The first-order valence-corrected chi connectivity index (χ1v) is 23.4. The summed E-state index contributed by atoms with van der Waals surface area (Å²) in [5.41, 5.74) is 1.36. The first-order chi connectivity index (χ1) is 35.9. The van der Waals surface area contributed by atoms with E-state index in [0.717, 1.165) is 0 Å². The zero-order chi connectivity index (χ0) is 55.9. The fraction of sp³-hybridized carbons (Fsp3) is 0.429. The van der Waals surface area contributed by atoms with E-state index in [1.54, 1.807) is 0 Å². The summed E-state index contributed by atoms with van der Waals surface area (Å²) in [5.74, 6) is -10.1. The van der Waals surface area contributed by atoms with Gasteiger partial charge in [0.2, 0.25) is 35.3 Å². The van der Waals surface area contributed by atoms with Crippen molar-refractivity contribution in [2.24, 2.45) is 5.73 Å². The molecule has 0 unspecified atom stereocenters. The number of aliphatic hydroxyl groups excluding tert-OH is 2. The first-order valence-electron chi connectivity index (χ1n) is 23.4. The molecule has 76 heavy (non-hydrogen) atoms. The third-order valence-corrected chi connectivity index (χ3v) is 12.7. The molecule has 0 bridgehead atoms. The van der Waals surface area contributed by atoms with Crippen LogP contribution in [-0.2, 0) is 65.5 Å². The lowest BCUT2D eigenvalue weighted by Crippen LogP contribution is -2.56. The topological polar surface area (TPSA) is 424 Å². The highest BCUT2D eigenvalue weighted by molar-refractivity contribution is 6.31. The number of fused-ring (bicyclic) bond motifs is 3. The van der Waals surface area contributed by atoms with E-state index in [9.17, 15) is 73.5 Å². The molecule has 2 aliphatic carbocycles. The number of carboxylic acids is 1. The van der Waals surface area contributed by atoms with Crippen molar-refractivity contribution in [3.63, 3.8) is 0 Å². The highest BCUT2D eigenvalue weighted by Crippen LogP contribution is 2.52. The van der Waals surface area contributed by atoms with Gasteiger partial charge >= 0.3 is 12.1 Å². The molecule has 1 heterocycles. The highest BCUT2D eigenvalue weighted by Gasteiger charge is 2.50. The normalized spacial score (nSPS) is 21.7. The fourth-order valence-electron chi connectivity index (χ4n) is 8.81. The molecule has 0 radical (unpaired) electrons. The second kappa shape index (κ2) is 24.1. The predicted molar refractivity (Wildman–Crippen MR) is 255 cm³/mol. The van der Waals surface area contributed by atoms with E-state index in [1.165, 1.54) is 70.3 Å². The molecule has 27 nitrogen and oxygen atoms in total. The van der Waals surface area contributed by atoms with Crippen LogP contribution in [0.2, 0.25) is 0 Å². The lowest BCUT2D eigenvalue weighted by Gasteiger charge is -2.42. The van der Waals surface area contributed by atoms with Crippen molar-refractivity contribution in [2.45, 2.75) is 107 Å². The molecule has 9 atom stereocenters. The summed E-state index contributed by atoms with van der Waals surface area (Å²) in [6.45, 7) is 1.12. The number of methoxy groups -OCH3 is 1. The number of aromatic hydroxyl groups is 2.